The third kappa shape index (κ3) is 2.91. The van der Waals surface area contributed by atoms with Crippen molar-refractivity contribution in [1.82, 2.24) is 14.5 Å². The number of benzene rings is 1. The average molecular weight is 335 g/mol. The van der Waals surface area contributed by atoms with Gasteiger partial charge in [0.15, 0.2) is 0 Å². The molecule has 0 spiro atoms. The summed E-state index contributed by atoms with van der Waals surface area (Å²) in [6.07, 6.45) is 5.90. The zero-order valence-electron chi connectivity index (χ0n) is 15.2. The molecule has 0 radical (unpaired) electrons. The van der Waals surface area contributed by atoms with E-state index in [1.54, 1.807) is 7.11 Å². The average Bonchev–Trinajstić information content (AvgIpc) is 2.93. The number of hydrogen-bond donors (Lipinski definition) is 0. The van der Waals surface area contributed by atoms with Crippen molar-refractivity contribution in [2.45, 2.75) is 38.9 Å². The van der Waals surface area contributed by atoms with E-state index in [2.05, 4.69) is 52.7 Å². The number of aromatic nitrogens is 2. The summed E-state index contributed by atoms with van der Waals surface area (Å²) in [7, 11) is 3.95. The van der Waals surface area contributed by atoms with Gasteiger partial charge in [0.25, 0.3) is 0 Å². The van der Waals surface area contributed by atoms with Gasteiger partial charge in [-0.25, -0.2) is 0 Å². The van der Waals surface area contributed by atoms with Crippen LogP contribution in [0.25, 0.3) is 10.9 Å². The Kier molecular flexibility index (Phi) is 4.22. The number of nitrogens with zero attached hydrogens (tertiary/aromatic N) is 3. The normalized spacial score (nSPS) is 17.6. The fourth-order valence-electron chi connectivity index (χ4n) is 3.88. The Bertz CT molecular complexity index is 885. The summed E-state index contributed by atoms with van der Waals surface area (Å²) in [5.41, 5.74) is 5.54. The van der Waals surface area contributed by atoms with E-state index in [4.69, 9.17) is 4.74 Å². The van der Waals surface area contributed by atoms with Gasteiger partial charge in [0.2, 0.25) is 0 Å². The molecule has 1 unspecified atom stereocenters. The SMILES string of the molecule is COc1ccc2c(c1)c1c(n2CCc2cccnc2)CC(C)N(C)C1. The molecular weight excluding hydrogens is 310 g/mol. The minimum Gasteiger partial charge on any atom is -0.497 e. The van der Waals surface area contributed by atoms with Crippen molar-refractivity contribution >= 4 is 10.9 Å². The van der Waals surface area contributed by atoms with E-state index >= 15 is 0 Å². The van der Waals surface area contributed by atoms with Gasteiger partial charge in [0.1, 0.15) is 5.75 Å². The van der Waals surface area contributed by atoms with E-state index < -0.39 is 0 Å². The molecule has 3 aromatic rings. The van der Waals surface area contributed by atoms with Gasteiger partial charge in [-0.3, -0.25) is 9.88 Å². The Morgan fingerprint density at radius 3 is 2.92 bits per heavy atom. The molecule has 1 atom stereocenters. The Hall–Kier alpha value is -2.33. The van der Waals surface area contributed by atoms with E-state index in [-0.39, 0.29) is 0 Å². The van der Waals surface area contributed by atoms with Crippen molar-refractivity contribution in [3.05, 3.63) is 59.5 Å². The smallest absolute Gasteiger partial charge is 0.119 e. The number of likely N-dealkylation sites (N-methyl/N-ethyl adjacent to an activating group) is 1. The van der Waals surface area contributed by atoms with Gasteiger partial charge in [-0.15, -0.1) is 0 Å². The molecule has 1 aromatic carbocycles. The van der Waals surface area contributed by atoms with Gasteiger partial charge >= 0.3 is 0 Å². The van der Waals surface area contributed by atoms with Gasteiger partial charge in [-0.1, -0.05) is 6.07 Å². The Balaban J connectivity index is 1.78. The van der Waals surface area contributed by atoms with E-state index in [0.717, 1.165) is 31.7 Å². The molecule has 4 heteroatoms. The van der Waals surface area contributed by atoms with Crippen molar-refractivity contribution in [2.24, 2.45) is 0 Å². The summed E-state index contributed by atoms with van der Waals surface area (Å²) >= 11 is 0. The predicted octanol–water partition coefficient (Wildman–Crippen LogP) is 3.66. The predicted molar refractivity (Wildman–Crippen MR) is 101 cm³/mol. The van der Waals surface area contributed by atoms with Crippen LogP contribution in [0.15, 0.2) is 42.7 Å². The summed E-state index contributed by atoms with van der Waals surface area (Å²) in [5.74, 6) is 0.931. The second-order valence-corrected chi connectivity index (χ2v) is 7.04. The largest absolute Gasteiger partial charge is 0.497 e. The Morgan fingerprint density at radius 2 is 2.16 bits per heavy atom. The zero-order valence-corrected chi connectivity index (χ0v) is 15.2. The first-order valence-electron chi connectivity index (χ1n) is 8.94. The lowest BCUT2D eigenvalue weighted by Gasteiger charge is -2.31. The number of fused-ring (bicyclic) bond motifs is 3. The number of hydrogen-bond acceptors (Lipinski definition) is 3. The maximum absolute atomic E-state index is 5.47. The summed E-state index contributed by atoms with van der Waals surface area (Å²) in [6.45, 7) is 4.30. The van der Waals surface area contributed by atoms with E-state index in [1.807, 2.05) is 18.5 Å². The molecule has 2 aromatic heterocycles. The number of ether oxygens (including phenoxy) is 1. The fraction of sp³-hybridized carbons (Fsp3) is 0.381. The second kappa shape index (κ2) is 6.52. The highest BCUT2D eigenvalue weighted by atomic mass is 16.5. The van der Waals surface area contributed by atoms with Crippen molar-refractivity contribution in [3.63, 3.8) is 0 Å². The van der Waals surface area contributed by atoms with Crippen molar-refractivity contribution < 1.29 is 4.74 Å². The van der Waals surface area contributed by atoms with Crippen LogP contribution in [0.1, 0.15) is 23.7 Å². The van der Waals surface area contributed by atoms with Crippen LogP contribution in [-0.4, -0.2) is 34.7 Å². The van der Waals surface area contributed by atoms with E-state index in [1.165, 1.54) is 27.7 Å². The molecule has 4 rings (SSSR count). The molecule has 3 heterocycles. The summed E-state index contributed by atoms with van der Waals surface area (Å²) in [4.78, 5) is 6.68. The highest BCUT2D eigenvalue weighted by molar-refractivity contribution is 5.87. The fourth-order valence-corrected chi connectivity index (χ4v) is 3.88. The third-order valence-electron chi connectivity index (χ3n) is 5.49. The lowest BCUT2D eigenvalue weighted by molar-refractivity contribution is 0.228. The van der Waals surface area contributed by atoms with Gasteiger partial charge in [-0.2, -0.15) is 0 Å². The van der Waals surface area contributed by atoms with Gasteiger partial charge < -0.3 is 9.30 Å². The maximum atomic E-state index is 5.47. The summed E-state index contributed by atoms with van der Waals surface area (Å²) in [6, 6.07) is 11.2. The van der Waals surface area contributed by atoms with Crippen molar-refractivity contribution in [1.29, 1.82) is 0 Å². The minimum absolute atomic E-state index is 0.566. The minimum atomic E-state index is 0.566. The van der Waals surface area contributed by atoms with E-state index in [0.29, 0.717) is 6.04 Å². The first-order valence-corrected chi connectivity index (χ1v) is 8.94. The molecule has 25 heavy (non-hydrogen) atoms. The van der Waals surface area contributed by atoms with Crippen molar-refractivity contribution in [2.75, 3.05) is 14.2 Å². The molecular formula is C21H25N3O. The van der Waals surface area contributed by atoms with Crippen molar-refractivity contribution in [3.8, 4) is 5.75 Å². The number of aryl methyl sites for hydroxylation is 2. The quantitative estimate of drug-likeness (QED) is 0.729. The molecule has 0 aliphatic carbocycles. The van der Waals surface area contributed by atoms with Crippen LogP contribution in [0.4, 0.5) is 0 Å². The van der Waals surface area contributed by atoms with Gasteiger partial charge in [-0.05, 0) is 55.8 Å². The first-order chi connectivity index (χ1) is 12.2. The highest BCUT2D eigenvalue weighted by Gasteiger charge is 2.26. The lowest BCUT2D eigenvalue weighted by atomic mass is 10.00. The maximum Gasteiger partial charge on any atom is 0.119 e. The molecule has 4 nitrogen and oxygen atoms in total. The van der Waals surface area contributed by atoms with Crippen LogP contribution in [0, 0.1) is 0 Å². The number of methoxy groups -OCH3 is 1. The highest BCUT2D eigenvalue weighted by Crippen LogP contribution is 2.34. The van der Waals surface area contributed by atoms with Gasteiger partial charge in [0, 0.05) is 54.5 Å². The van der Waals surface area contributed by atoms with Crippen LogP contribution < -0.4 is 4.74 Å². The van der Waals surface area contributed by atoms with Crippen LogP contribution >= 0.6 is 0 Å². The zero-order chi connectivity index (χ0) is 17.4. The molecule has 0 amide bonds. The third-order valence-corrected chi connectivity index (χ3v) is 5.49. The molecule has 0 saturated heterocycles. The summed E-state index contributed by atoms with van der Waals surface area (Å²) in [5, 5.41) is 1.33. The number of rotatable bonds is 4. The summed E-state index contributed by atoms with van der Waals surface area (Å²) < 4.78 is 7.98. The Labute approximate surface area is 149 Å². The number of pyridine rings is 1. The molecule has 130 valence electrons. The van der Waals surface area contributed by atoms with Crippen LogP contribution in [0.3, 0.4) is 0 Å². The molecule has 0 fully saturated rings. The van der Waals surface area contributed by atoms with Gasteiger partial charge in [0.05, 0.1) is 7.11 Å². The topological polar surface area (TPSA) is 30.3 Å². The Morgan fingerprint density at radius 1 is 1.28 bits per heavy atom. The lowest BCUT2D eigenvalue weighted by Crippen LogP contribution is -2.35. The van der Waals surface area contributed by atoms with Crippen LogP contribution in [-0.2, 0) is 25.9 Å². The van der Waals surface area contributed by atoms with Crippen LogP contribution in [0.2, 0.25) is 0 Å². The molecule has 0 saturated carbocycles. The standard InChI is InChI=1S/C21H25N3O/c1-15-11-21-19(14-23(15)2)18-12-17(25-3)6-7-20(18)24(21)10-8-16-5-4-9-22-13-16/h4-7,9,12-13,15H,8,10-11,14H2,1-3H3. The molecule has 0 N–H and O–H groups in total. The van der Waals surface area contributed by atoms with E-state index in [9.17, 15) is 0 Å². The monoisotopic (exact) mass is 335 g/mol. The second-order valence-electron chi connectivity index (χ2n) is 7.04. The molecule has 1 aliphatic heterocycles. The molecule has 1 aliphatic rings. The molecule has 0 bridgehead atoms. The van der Waals surface area contributed by atoms with Crippen LogP contribution in [0.5, 0.6) is 5.75 Å². The first kappa shape index (κ1) is 16.2.